The van der Waals surface area contributed by atoms with Crippen LogP contribution in [0.4, 0.5) is 0 Å². The smallest absolute Gasteiger partial charge is 0.0711 e. The van der Waals surface area contributed by atoms with E-state index in [0.29, 0.717) is 12.1 Å². The molecule has 88 valence electrons. The van der Waals surface area contributed by atoms with Gasteiger partial charge in [-0.05, 0) is 13.5 Å². The molecule has 4 nitrogen and oxygen atoms in total. The molecule has 0 spiro atoms. The summed E-state index contributed by atoms with van der Waals surface area (Å²) in [6.07, 6.45) is 1.60. The van der Waals surface area contributed by atoms with Gasteiger partial charge in [-0.25, -0.2) is 0 Å². The van der Waals surface area contributed by atoms with Crippen molar-refractivity contribution in [1.29, 1.82) is 0 Å². The molecule has 0 amide bonds. The number of hydrogen-bond donors (Lipinski definition) is 1. The average molecular weight is 213 g/mol. The molecule has 2 fully saturated rings. The number of ether oxygens (including phenoxy) is 1. The maximum atomic E-state index is 5.36. The van der Waals surface area contributed by atoms with Gasteiger partial charge in [0.05, 0.1) is 6.10 Å². The highest BCUT2D eigenvalue weighted by atomic mass is 16.5. The number of methoxy groups -OCH3 is 1. The van der Waals surface area contributed by atoms with Crippen LogP contribution in [0.1, 0.15) is 6.42 Å². The van der Waals surface area contributed by atoms with Gasteiger partial charge in [-0.1, -0.05) is 0 Å². The van der Waals surface area contributed by atoms with Crippen molar-refractivity contribution in [3.63, 3.8) is 0 Å². The predicted octanol–water partition coefficient (Wildman–Crippen LogP) is -0.389. The van der Waals surface area contributed by atoms with E-state index in [0.717, 1.165) is 6.54 Å². The third-order valence-electron chi connectivity index (χ3n) is 3.59. The minimum atomic E-state index is 0.433. The zero-order chi connectivity index (χ0) is 10.7. The molecule has 15 heavy (non-hydrogen) atoms. The highest BCUT2D eigenvalue weighted by Gasteiger charge is 2.26. The molecule has 2 unspecified atom stereocenters. The molecule has 1 N–H and O–H groups in total. The second-order valence-electron chi connectivity index (χ2n) is 4.80. The van der Waals surface area contributed by atoms with Crippen LogP contribution < -0.4 is 5.32 Å². The number of likely N-dealkylation sites (N-methyl/N-ethyl adjacent to an activating group) is 1. The lowest BCUT2D eigenvalue weighted by molar-refractivity contribution is 0.111. The number of hydrogen-bond acceptors (Lipinski definition) is 4. The van der Waals surface area contributed by atoms with Gasteiger partial charge in [0.1, 0.15) is 0 Å². The number of nitrogens with zero attached hydrogens (tertiary/aromatic N) is 2. The van der Waals surface area contributed by atoms with Crippen LogP contribution in [-0.4, -0.2) is 75.4 Å². The van der Waals surface area contributed by atoms with Gasteiger partial charge >= 0.3 is 0 Å². The van der Waals surface area contributed by atoms with Crippen molar-refractivity contribution < 1.29 is 4.74 Å². The maximum Gasteiger partial charge on any atom is 0.0711 e. The molecule has 2 atom stereocenters. The molecule has 2 aliphatic heterocycles. The van der Waals surface area contributed by atoms with Crippen LogP contribution in [0.15, 0.2) is 0 Å². The van der Waals surface area contributed by atoms with E-state index in [-0.39, 0.29) is 0 Å². The Morgan fingerprint density at radius 1 is 1.27 bits per heavy atom. The monoisotopic (exact) mass is 213 g/mol. The van der Waals surface area contributed by atoms with E-state index in [1.54, 1.807) is 0 Å². The summed E-state index contributed by atoms with van der Waals surface area (Å²) in [4.78, 5) is 4.96. The molecular weight excluding hydrogens is 190 g/mol. The summed E-state index contributed by atoms with van der Waals surface area (Å²) in [7, 11) is 4.01. The summed E-state index contributed by atoms with van der Waals surface area (Å²) in [6.45, 7) is 7.06. The Labute approximate surface area is 92.6 Å². The van der Waals surface area contributed by atoms with Crippen molar-refractivity contribution in [2.24, 2.45) is 0 Å². The minimum absolute atomic E-state index is 0.433. The van der Waals surface area contributed by atoms with E-state index in [9.17, 15) is 0 Å². The van der Waals surface area contributed by atoms with Crippen LogP contribution in [0, 0.1) is 0 Å². The van der Waals surface area contributed by atoms with Gasteiger partial charge < -0.3 is 15.0 Å². The minimum Gasteiger partial charge on any atom is -0.380 e. The van der Waals surface area contributed by atoms with Crippen molar-refractivity contribution in [2.45, 2.75) is 18.6 Å². The first kappa shape index (κ1) is 11.3. The molecule has 4 heteroatoms. The van der Waals surface area contributed by atoms with E-state index < -0.39 is 0 Å². The van der Waals surface area contributed by atoms with Crippen LogP contribution in [-0.2, 0) is 4.74 Å². The van der Waals surface area contributed by atoms with E-state index in [1.165, 1.54) is 39.1 Å². The molecule has 0 saturated carbocycles. The maximum absolute atomic E-state index is 5.36. The fourth-order valence-corrected chi connectivity index (χ4v) is 2.44. The van der Waals surface area contributed by atoms with Crippen LogP contribution >= 0.6 is 0 Å². The lowest BCUT2D eigenvalue weighted by Crippen LogP contribution is -2.48. The Kier molecular flexibility index (Phi) is 3.97. The molecule has 2 saturated heterocycles. The molecule has 2 aliphatic rings. The Bertz CT molecular complexity index is 192. The summed E-state index contributed by atoms with van der Waals surface area (Å²) in [5.41, 5.74) is 0. The first-order chi connectivity index (χ1) is 7.28. The van der Waals surface area contributed by atoms with Gasteiger partial charge in [-0.15, -0.1) is 0 Å². The summed E-state index contributed by atoms with van der Waals surface area (Å²) in [5, 5.41) is 3.54. The average Bonchev–Trinajstić information content (AvgIpc) is 2.69. The van der Waals surface area contributed by atoms with Crippen LogP contribution in [0.2, 0.25) is 0 Å². The summed E-state index contributed by atoms with van der Waals surface area (Å²) < 4.78 is 5.36. The summed E-state index contributed by atoms with van der Waals surface area (Å²) in [6, 6.07) is 0.637. The lowest BCUT2D eigenvalue weighted by Gasteiger charge is -2.33. The number of rotatable bonds is 3. The molecule has 0 aromatic heterocycles. The normalized spacial score (nSPS) is 34.8. The molecular formula is C11H23N3O. The van der Waals surface area contributed by atoms with Crippen molar-refractivity contribution in [1.82, 2.24) is 15.1 Å². The van der Waals surface area contributed by atoms with E-state index in [1.807, 2.05) is 7.11 Å². The SMILES string of the molecule is COC1CNC(CN2CCN(C)CC2)C1. The summed E-state index contributed by atoms with van der Waals surface area (Å²) >= 11 is 0. The van der Waals surface area contributed by atoms with Crippen molar-refractivity contribution in [3.8, 4) is 0 Å². The fraction of sp³-hybridized carbons (Fsp3) is 1.00. The lowest BCUT2D eigenvalue weighted by atomic mass is 10.2. The van der Waals surface area contributed by atoms with Crippen LogP contribution in [0.3, 0.4) is 0 Å². The quantitative estimate of drug-likeness (QED) is 0.691. The van der Waals surface area contributed by atoms with Gasteiger partial charge in [-0.2, -0.15) is 0 Å². The fourth-order valence-electron chi connectivity index (χ4n) is 2.44. The predicted molar refractivity (Wildman–Crippen MR) is 61.1 cm³/mol. The number of piperazine rings is 1. The van der Waals surface area contributed by atoms with E-state index in [4.69, 9.17) is 4.74 Å². The molecule has 2 rings (SSSR count). The molecule has 0 aromatic rings. The summed E-state index contributed by atoms with van der Waals surface area (Å²) in [5.74, 6) is 0. The second-order valence-corrected chi connectivity index (χ2v) is 4.80. The first-order valence-corrected chi connectivity index (χ1v) is 5.95. The topological polar surface area (TPSA) is 27.7 Å². The standard InChI is InChI=1S/C11H23N3O/c1-13-3-5-14(6-4-13)9-10-7-11(15-2)8-12-10/h10-12H,3-9H2,1-2H3. The largest absolute Gasteiger partial charge is 0.380 e. The van der Waals surface area contributed by atoms with Gasteiger partial charge in [0.2, 0.25) is 0 Å². The third kappa shape index (κ3) is 3.14. The van der Waals surface area contributed by atoms with Crippen molar-refractivity contribution in [2.75, 3.05) is 53.4 Å². The Hall–Kier alpha value is -0.160. The molecule has 0 aromatic carbocycles. The highest BCUT2D eigenvalue weighted by Crippen LogP contribution is 2.11. The third-order valence-corrected chi connectivity index (χ3v) is 3.59. The first-order valence-electron chi connectivity index (χ1n) is 5.95. The van der Waals surface area contributed by atoms with Gasteiger partial charge in [0, 0.05) is 52.4 Å². The van der Waals surface area contributed by atoms with Gasteiger partial charge in [0.15, 0.2) is 0 Å². The zero-order valence-electron chi connectivity index (χ0n) is 9.91. The molecule has 2 heterocycles. The van der Waals surface area contributed by atoms with Gasteiger partial charge in [-0.3, -0.25) is 4.90 Å². The zero-order valence-corrected chi connectivity index (χ0v) is 9.91. The van der Waals surface area contributed by atoms with Crippen LogP contribution in [0.25, 0.3) is 0 Å². The van der Waals surface area contributed by atoms with Crippen LogP contribution in [0.5, 0.6) is 0 Å². The molecule has 0 bridgehead atoms. The Morgan fingerprint density at radius 3 is 2.60 bits per heavy atom. The Balaban J connectivity index is 1.69. The Morgan fingerprint density at radius 2 is 2.00 bits per heavy atom. The van der Waals surface area contributed by atoms with E-state index >= 15 is 0 Å². The van der Waals surface area contributed by atoms with Crippen molar-refractivity contribution in [3.05, 3.63) is 0 Å². The molecule has 0 aliphatic carbocycles. The second kappa shape index (κ2) is 5.25. The molecule has 0 radical (unpaired) electrons. The van der Waals surface area contributed by atoms with E-state index in [2.05, 4.69) is 22.2 Å². The highest BCUT2D eigenvalue weighted by molar-refractivity contribution is 4.85. The van der Waals surface area contributed by atoms with Crippen molar-refractivity contribution >= 4 is 0 Å². The van der Waals surface area contributed by atoms with Gasteiger partial charge in [0.25, 0.3) is 0 Å². The number of nitrogens with one attached hydrogen (secondary N) is 1.